The van der Waals surface area contributed by atoms with Crippen LogP contribution in [0.1, 0.15) is 34.0 Å². The highest BCUT2D eigenvalue weighted by molar-refractivity contribution is 5.76. The topological polar surface area (TPSA) is 35.5 Å². The number of carbonyl (C=O) groups is 1. The minimum Gasteiger partial charge on any atom is -0.493 e. The summed E-state index contributed by atoms with van der Waals surface area (Å²) in [4.78, 5) is 10.8. The molecule has 0 spiro atoms. The van der Waals surface area contributed by atoms with Gasteiger partial charge in [-0.1, -0.05) is 24.3 Å². The number of methoxy groups -OCH3 is 1. The number of rotatable bonds is 4. The first-order valence-corrected chi connectivity index (χ1v) is 6.69. The number of benzene rings is 2. The zero-order valence-electron chi connectivity index (χ0n) is 11.3. The third-order valence-corrected chi connectivity index (χ3v) is 3.67. The molecule has 0 aliphatic heterocycles. The summed E-state index contributed by atoms with van der Waals surface area (Å²) in [5, 5.41) is 0. The molecule has 1 aliphatic rings. The fraction of sp³-hybridized carbons (Fsp3) is 0.235. The number of hydrogen-bond acceptors (Lipinski definition) is 3. The van der Waals surface area contributed by atoms with Gasteiger partial charge >= 0.3 is 0 Å². The Balaban J connectivity index is 1.87. The van der Waals surface area contributed by atoms with Gasteiger partial charge in [-0.3, -0.25) is 4.79 Å². The van der Waals surface area contributed by atoms with Gasteiger partial charge in [0.15, 0.2) is 11.5 Å². The van der Waals surface area contributed by atoms with Crippen LogP contribution >= 0.6 is 0 Å². The van der Waals surface area contributed by atoms with Crippen LogP contribution in [0.5, 0.6) is 11.5 Å². The molecule has 0 saturated heterocycles. The zero-order valence-corrected chi connectivity index (χ0v) is 11.3. The number of fused-ring (bicyclic) bond motifs is 1. The van der Waals surface area contributed by atoms with Gasteiger partial charge in [0.25, 0.3) is 0 Å². The Morgan fingerprint density at radius 3 is 2.80 bits per heavy atom. The molecule has 1 atom stereocenters. The predicted octanol–water partition coefficient (Wildman–Crippen LogP) is 3.57. The summed E-state index contributed by atoms with van der Waals surface area (Å²) in [5.41, 5.74) is 3.18. The second-order valence-electron chi connectivity index (χ2n) is 4.87. The highest BCUT2D eigenvalue weighted by Gasteiger charge is 2.24. The summed E-state index contributed by atoms with van der Waals surface area (Å²) >= 11 is 0. The van der Waals surface area contributed by atoms with Crippen LogP contribution in [0.25, 0.3) is 0 Å². The molecule has 1 aliphatic carbocycles. The van der Waals surface area contributed by atoms with E-state index >= 15 is 0 Å². The van der Waals surface area contributed by atoms with Crippen LogP contribution in [0.4, 0.5) is 0 Å². The van der Waals surface area contributed by atoms with Crippen LogP contribution < -0.4 is 9.47 Å². The Hall–Kier alpha value is -2.29. The average Bonchev–Trinajstić information content (AvgIpc) is 2.91. The third-order valence-electron chi connectivity index (χ3n) is 3.67. The van der Waals surface area contributed by atoms with E-state index < -0.39 is 0 Å². The summed E-state index contributed by atoms with van der Waals surface area (Å²) in [6, 6.07) is 13.6. The molecule has 0 saturated carbocycles. The van der Waals surface area contributed by atoms with E-state index in [1.807, 2.05) is 6.07 Å². The van der Waals surface area contributed by atoms with E-state index in [2.05, 4.69) is 18.2 Å². The molecule has 3 rings (SSSR count). The molecule has 20 heavy (non-hydrogen) atoms. The van der Waals surface area contributed by atoms with Crippen molar-refractivity contribution in [3.8, 4) is 11.5 Å². The van der Waals surface area contributed by atoms with Gasteiger partial charge in [-0.2, -0.15) is 0 Å². The van der Waals surface area contributed by atoms with E-state index in [1.165, 1.54) is 11.1 Å². The van der Waals surface area contributed by atoms with Crippen LogP contribution in [0.2, 0.25) is 0 Å². The first-order chi connectivity index (χ1) is 9.81. The summed E-state index contributed by atoms with van der Waals surface area (Å²) in [6.07, 6.45) is 2.87. The average molecular weight is 268 g/mol. The van der Waals surface area contributed by atoms with Crippen molar-refractivity contribution in [2.75, 3.05) is 7.11 Å². The minimum atomic E-state index is 0.0576. The second-order valence-corrected chi connectivity index (χ2v) is 4.87. The lowest BCUT2D eigenvalue weighted by Gasteiger charge is -2.17. The van der Waals surface area contributed by atoms with Crippen molar-refractivity contribution in [3.05, 3.63) is 59.2 Å². The highest BCUT2D eigenvalue weighted by atomic mass is 16.5. The molecule has 0 radical (unpaired) electrons. The van der Waals surface area contributed by atoms with Crippen molar-refractivity contribution in [3.63, 3.8) is 0 Å². The van der Waals surface area contributed by atoms with Crippen molar-refractivity contribution >= 4 is 6.29 Å². The molecule has 0 N–H and O–H groups in total. The van der Waals surface area contributed by atoms with Gasteiger partial charge in [0.05, 0.1) is 7.11 Å². The summed E-state index contributed by atoms with van der Waals surface area (Å²) in [6.45, 7) is 0. The number of ether oxygens (including phenoxy) is 2. The van der Waals surface area contributed by atoms with Gasteiger partial charge in [-0.05, 0) is 42.2 Å². The van der Waals surface area contributed by atoms with Crippen LogP contribution in [0, 0.1) is 0 Å². The van der Waals surface area contributed by atoms with Crippen molar-refractivity contribution in [2.24, 2.45) is 0 Å². The Morgan fingerprint density at radius 1 is 1.15 bits per heavy atom. The third kappa shape index (κ3) is 2.27. The van der Waals surface area contributed by atoms with E-state index in [-0.39, 0.29) is 6.10 Å². The summed E-state index contributed by atoms with van der Waals surface area (Å²) in [7, 11) is 1.58. The fourth-order valence-electron chi connectivity index (χ4n) is 2.65. The Morgan fingerprint density at radius 2 is 2.00 bits per heavy atom. The molecule has 1 unspecified atom stereocenters. The Bertz CT molecular complexity index is 634. The van der Waals surface area contributed by atoms with E-state index in [9.17, 15) is 4.79 Å². The molecule has 2 aromatic carbocycles. The summed E-state index contributed by atoms with van der Waals surface area (Å²) < 4.78 is 11.4. The lowest BCUT2D eigenvalue weighted by atomic mass is 10.1. The molecule has 0 amide bonds. The van der Waals surface area contributed by atoms with Crippen LogP contribution in [0.15, 0.2) is 42.5 Å². The SMILES string of the molecule is COc1cc(C=O)ccc1OC1CCc2ccccc21. The standard InChI is InChI=1S/C17H16O3/c1-19-17-10-12(11-18)6-8-16(17)20-15-9-7-13-4-2-3-5-14(13)15/h2-6,8,10-11,15H,7,9H2,1H3. The maximum absolute atomic E-state index is 10.8. The van der Waals surface area contributed by atoms with Gasteiger partial charge in [0.1, 0.15) is 12.4 Å². The van der Waals surface area contributed by atoms with Gasteiger partial charge in [-0.25, -0.2) is 0 Å². The van der Waals surface area contributed by atoms with Crippen molar-refractivity contribution < 1.29 is 14.3 Å². The molecule has 0 heterocycles. The number of aldehydes is 1. The lowest BCUT2D eigenvalue weighted by molar-refractivity contribution is 0.112. The molecule has 3 nitrogen and oxygen atoms in total. The first-order valence-electron chi connectivity index (χ1n) is 6.69. The minimum absolute atomic E-state index is 0.0576. The molecular formula is C17H16O3. The Labute approximate surface area is 118 Å². The maximum atomic E-state index is 10.8. The fourth-order valence-corrected chi connectivity index (χ4v) is 2.65. The number of aryl methyl sites for hydroxylation is 1. The quantitative estimate of drug-likeness (QED) is 0.795. The highest BCUT2D eigenvalue weighted by Crippen LogP contribution is 2.38. The normalized spacial score (nSPS) is 16.6. The van der Waals surface area contributed by atoms with Crippen LogP contribution in [-0.2, 0) is 6.42 Å². The number of carbonyl (C=O) groups excluding carboxylic acids is 1. The molecule has 0 aromatic heterocycles. The molecule has 0 fully saturated rings. The molecular weight excluding hydrogens is 252 g/mol. The monoisotopic (exact) mass is 268 g/mol. The molecule has 102 valence electrons. The number of hydrogen-bond donors (Lipinski definition) is 0. The smallest absolute Gasteiger partial charge is 0.162 e. The zero-order chi connectivity index (χ0) is 13.9. The largest absolute Gasteiger partial charge is 0.493 e. The van der Waals surface area contributed by atoms with E-state index in [1.54, 1.807) is 25.3 Å². The lowest BCUT2D eigenvalue weighted by Crippen LogP contribution is -2.04. The summed E-state index contributed by atoms with van der Waals surface area (Å²) in [5.74, 6) is 1.28. The van der Waals surface area contributed by atoms with E-state index in [0.29, 0.717) is 17.1 Å². The van der Waals surface area contributed by atoms with Crippen molar-refractivity contribution in [1.82, 2.24) is 0 Å². The molecule has 0 bridgehead atoms. The predicted molar refractivity (Wildman–Crippen MR) is 76.5 cm³/mol. The van der Waals surface area contributed by atoms with Gasteiger partial charge in [0, 0.05) is 5.56 Å². The van der Waals surface area contributed by atoms with Crippen LogP contribution in [0.3, 0.4) is 0 Å². The van der Waals surface area contributed by atoms with E-state index in [4.69, 9.17) is 9.47 Å². The molecule has 3 heteroatoms. The van der Waals surface area contributed by atoms with Crippen LogP contribution in [-0.4, -0.2) is 13.4 Å². The Kier molecular flexibility index (Phi) is 3.42. The van der Waals surface area contributed by atoms with Gasteiger partial charge in [0.2, 0.25) is 0 Å². The molecule has 2 aromatic rings. The maximum Gasteiger partial charge on any atom is 0.162 e. The first kappa shape index (κ1) is 12.7. The van der Waals surface area contributed by atoms with E-state index in [0.717, 1.165) is 19.1 Å². The van der Waals surface area contributed by atoms with Gasteiger partial charge < -0.3 is 9.47 Å². The van der Waals surface area contributed by atoms with Gasteiger partial charge in [-0.15, -0.1) is 0 Å². The van der Waals surface area contributed by atoms with Crippen molar-refractivity contribution in [2.45, 2.75) is 18.9 Å². The second kappa shape index (κ2) is 5.37. The van der Waals surface area contributed by atoms with Crippen molar-refractivity contribution in [1.29, 1.82) is 0 Å².